The number of halogens is 3. The van der Waals surface area contributed by atoms with E-state index in [1.54, 1.807) is 0 Å². The molecule has 2 atom stereocenters. The molecule has 0 saturated heterocycles. The predicted molar refractivity (Wildman–Crippen MR) is 39.8 cm³/mol. The molecule has 0 rings (SSSR count). The van der Waals surface area contributed by atoms with Crippen LogP contribution in [0.25, 0.3) is 0 Å². The molecular weight excluding hydrogens is 187 g/mol. The van der Waals surface area contributed by atoms with Gasteiger partial charge in [0.15, 0.2) is 0 Å². The van der Waals surface area contributed by atoms with Gasteiger partial charge in [0.25, 0.3) is 0 Å². The van der Waals surface area contributed by atoms with Gasteiger partial charge in [-0.25, -0.2) is 0 Å². The molecular formula is C7H12F3NO2. The summed E-state index contributed by atoms with van der Waals surface area (Å²) >= 11 is 0. The van der Waals surface area contributed by atoms with Crippen molar-refractivity contribution in [2.24, 2.45) is 11.7 Å². The zero-order valence-electron chi connectivity index (χ0n) is 7.39. The van der Waals surface area contributed by atoms with E-state index in [-0.39, 0.29) is 0 Å². The summed E-state index contributed by atoms with van der Waals surface area (Å²) in [6.45, 7) is 0.975. The summed E-state index contributed by atoms with van der Waals surface area (Å²) in [5.74, 6) is -2.42. The van der Waals surface area contributed by atoms with Gasteiger partial charge >= 0.3 is 12.1 Å². The van der Waals surface area contributed by atoms with Crippen molar-refractivity contribution >= 4 is 5.97 Å². The van der Waals surface area contributed by atoms with Crippen LogP contribution in [0.2, 0.25) is 0 Å². The van der Waals surface area contributed by atoms with E-state index in [2.05, 4.69) is 4.74 Å². The molecule has 0 bridgehead atoms. The fourth-order valence-electron chi connectivity index (χ4n) is 0.762. The Bertz CT molecular complexity index is 181. The van der Waals surface area contributed by atoms with Gasteiger partial charge in [0, 0.05) is 0 Å². The highest BCUT2D eigenvalue weighted by Gasteiger charge is 2.37. The van der Waals surface area contributed by atoms with Crippen LogP contribution in [0.5, 0.6) is 0 Å². The monoisotopic (exact) mass is 199 g/mol. The van der Waals surface area contributed by atoms with Gasteiger partial charge < -0.3 is 10.5 Å². The molecule has 6 heteroatoms. The molecule has 0 spiro atoms. The van der Waals surface area contributed by atoms with Crippen molar-refractivity contribution in [2.45, 2.75) is 25.6 Å². The first kappa shape index (κ1) is 12.2. The van der Waals surface area contributed by atoms with E-state index in [0.717, 1.165) is 14.0 Å². The molecule has 0 saturated carbocycles. The van der Waals surface area contributed by atoms with Gasteiger partial charge in [0.05, 0.1) is 13.0 Å². The lowest BCUT2D eigenvalue weighted by atomic mass is 10.0. The summed E-state index contributed by atoms with van der Waals surface area (Å²) in [5.41, 5.74) is 5.15. The highest BCUT2D eigenvalue weighted by Crippen LogP contribution is 2.28. The van der Waals surface area contributed by atoms with Gasteiger partial charge in [-0.05, 0) is 6.42 Å². The number of carbonyl (C=O) groups is 1. The van der Waals surface area contributed by atoms with Gasteiger partial charge in [-0.1, -0.05) is 6.92 Å². The van der Waals surface area contributed by atoms with E-state index in [0.29, 0.717) is 0 Å². The number of rotatable bonds is 3. The molecule has 0 radical (unpaired) electrons. The Kier molecular flexibility index (Phi) is 4.19. The van der Waals surface area contributed by atoms with E-state index in [1.807, 2.05) is 0 Å². The lowest BCUT2D eigenvalue weighted by Gasteiger charge is -2.18. The maximum atomic E-state index is 12.0. The van der Waals surface area contributed by atoms with Crippen LogP contribution in [-0.2, 0) is 9.53 Å². The summed E-state index contributed by atoms with van der Waals surface area (Å²) < 4.78 is 40.1. The zero-order chi connectivity index (χ0) is 10.6. The van der Waals surface area contributed by atoms with Crippen LogP contribution in [0.1, 0.15) is 13.3 Å². The van der Waals surface area contributed by atoms with Gasteiger partial charge in [-0.2, -0.15) is 13.2 Å². The summed E-state index contributed by atoms with van der Waals surface area (Å²) in [6.07, 6.45) is -4.76. The number of methoxy groups -OCH3 is 1. The average Bonchev–Trinajstić information content (AvgIpc) is 2.01. The maximum absolute atomic E-state index is 12.0. The quantitative estimate of drug-likeness (QED) is 0.692. The molecule has 78 valence electrons. The molecule has 0 aromatic carbocycles. The molecule has 0 amide bonds. The Labute approximate surface area is 74.0 Å². The number of alkyl halides is 3. The van der Waals surface area contributed by atoms with Crippen LogP contribution in [0.15, 0.2) is 0 Å². The average molecular weight is 199 g/mol. The van der Waals surface area contributed by atoms with Crippen LogP contribution >= 0.6 is 0 Å². The summed E-state index contributed by atoms with van der Waals surface area (Å²) in [5, 5.41) is 0. The third-order valence-corrected chi connectivity index (χ3v) is 1.67. The molecule has 0 aromatic rings. The number of carbonyl (C=O) groups excluding carboxylic acids is 1. The topological polar surface area (TPSA) is 52.3 Å². The third kappa shape index (κ3) is 4.12. The molecule has 0 aliphatic heterocycles. The van der Waals surface area contributed by atoms with Crippen LogP contribution in [-0.4, -0.2) is 25.3 Å². The normalized spacial score (nSPS) is 16.5. The van der Waals surface area contributed by atoms with E-state index in [4.69, 9.17) is 5.73 Å². The van der Waals surface area contributed by atoms with Crippen LogP contribution < -0.4 is 5.73 Å². The minimum Gasteiger partial charge on any atom is -0.468 e. The summed E-state index contributed by atoms with van der Waals surface area (Å²) in [7, 11) is 1.08. The number of esters is 1. The number of nitrogens with two attached hydrogens (primary N) is 1. The summed E-state index contributed by atoms with van der Waals surface area (Å²) in [6, 6.07) is -1.21. The summed E-state index contributed by atoms with van der Waals surface area (Å²) in [4.78, 5) is 10.7. The second-order valence-corrected chi connectivity index (χ2v) is 2.81. The Morgan fingerprint density at radius 1 is 1.54 bits per heavy atom. The molecule has 3 nitrogen and oxygen atoms in total. The molecule has 0 aliphatic rings. The zero-order valence-corrected chi connectivity index (χ0v) is 7.39. The van der Waals surface area contributed by atoms with Gasteiger partial charge in [-0.15, -0.1) is 0 Å². The molecule has 0 unspecified atom stereocenters. The first-order chi connectivity index (χ1) is 5.79. The Morgan fingerprint density at radius 3 is 2.31 bits per heavy atom. The van der Waals surface area contributed by atoms with Crippen LogP contribution in [0, 0.1) is 5.92 Å². The number of hydrogen-bond donors (Lipinski definition) is 1. The number of ether oxygens (including phenoxy) is 1. The maximum Gasteiger partial charge on any atom is 0.391 e. The van der Waals surface area contributed by atoms with E-state index in [1.165, 1.54) is 0 Å². The standard InChI is InChI=1S/C7H12F3NO2/c1-4(7(8,9)10)3-5(11)6(12)13-2/h4-5H,3,11H2,1-2H3/t4-,5-/m0/s1. The van der Waals surface area contributed by atoms with Crippen LogP contribution in [0.3, 0.4) is 0 Å². The Hall–Kier alpha value is -0.780. The number of hydrogen-bond acceptors (Lipinski definition) is 3. The van der Waals surface area contributed by atoms with Gasteiger partial charge in [-0.3, -0.25) is 4.79 Å². The van der Waals surface area contributed by atoms with Crippen molar-refractivity contribution in [2.75, 3.05) is 7.11 Å². The first-order valence-electron chi connectivity index (χ1n) is 3.69. The predicted octanol–water partition coefficient (Wildman–Crippen LogP) is 1.08. The fourth-order valence-corrected chi connectivity index (χ4v) is 0.762. The Morgan fingerprint density at radius 2 is 2.00 bits per heavy atom. The van der Waals surface area contributed by atoms with E-state index in [9.17, 15) is 18.0 Å². The lowest BCUT2D eigenvalue weighted by molar-refractivity contribution is -0.174. The van der Waals surface area contributed by atoms with E-state index >= 15 is 0 Å². The van der Waals surface area contributed by atoms with Gasteiger partial charge in [0.1, 0.15) is 6.04 Å². The van der Waals surface area contributed by atoms with Crippen molar-refractivity contribution in [3.8, 4) is 0 Å². The molecule has 0 aliphatic carbocycles. The second kappa shape index (κ2) is 4.45. The SMILES string of the molecule is COC(=O)[C@@H](N)C[C@H](C)C(F)(F)F. The molecule has 0 aromatic heterocycles. The smallest absolute Gasteiger partial charge is 0.391 e. The highest BCUT2D eigenvalue weighted by molar-refractivity contribution is 5.75. The molecule has 2 N–H and O–H groups in total. The fraction of sp³-hybridized carbons (Fsp3) is 0.857. The lowest BCUT2D eigenvalue weighted by Crippen LogP contribution is -2.36. The van der Waals surface area contributed by atoms with Crippen molar-refractivity contribution in [3.05, 3.63) is 0 Å². The van der Waals surface area contributed by atoms with Crippen molar-refractivity contribution < 1.29 is 22.7 Å². The minimum atomic E-state index is -4.31. The molecule has 0 heterocycles. The van der Waals surface area contributed by atoms with Gasteiger partial charge in [0.2, 0.25) is 0 Å². The minimum absolute atomic E-state index is 0.448. The molecule has 13 heavy (non-hydrogen) atoms. The molecule has 0 fully saturated rings. The third-order valence-electron chi connectivity index (χ3n) is 1.67. The van der Waals surface area contributed by atoms with Crippen molar-refractivity contribution in [1.29, 1.82) is 0 Å². The first-order valence-corrected chi connectivity index (χ1v) is 3.69. The van der Waals surface area contributed by atoms with Crippen molar-refractivity contribution in [1.82, 2.24) is 0 Å². The van der Waals surface area contributed by atoms with Crippen molar-refractivity contribution in [3.63, 3.8) is 0 Å². The Balaban J connectivity index is 4.06. The van der Waals surface area contributed by atoms with Crippen LogP contribution in [0.4, 0.5) is 13.2 Å². The van der Waals surface area contributed by atoms with E-state index < -0.39 is 30.5 Å². The second-order valence-electron chi connectivity index (χ2n) is 2.81. The largest absolute Gasteiger partial charge is 0.468 e. The highest BCUT2D eigenvalue weighted by atomic mass is 19.4.